The lowest BCUT2D eigenvalue weighted by atomic mass is 9.69. The Kier molecular flexibility index (Phi) is 14.6. The predicted octanol–water partition coefficient (Wildman–Crippen LogP) is 13.9. The maximum Gasteiger partial charge on any atom is -0.0276 e. The quantitative estimate of drug-likeness (QED) is 0.247. The first kappa shape index (κ1) is 35.7. The van der Waals surface area contributed by atoms with Crippen LogP contribution in [0.1, 0.15) is 165 Å². The van der Waals surface area contributed by atoms with Gasteiger partial charge in [-0.05, 0) is 124 Å². The molecule has 0 heterocycles. The summed E-state index contributed by atoms with van der Waals surface area (Å²) in [4.78, 5) is 0. The van der Waals surface area contributed by atoms with Gasteiger partial charge < -0.3 is 0 Å². The van der Waals surface area contributed by atoms with Crippen molar-refractivity contribution in [1.29, 1.82) is 0 Å². The minimum Gasteiger partial charge on any atom is -0.0625 e. The molecule has 4 saturated carbocycles. The molecule has 2 aromatic rings. The van der Waals surface area contributed by atoms with Gasteiger partial charge in [0.2, 0.25) is 0 Å². The number of benzene rings is 2. The van der Waals surface area contributed by atoms with Gasteiger partial charge in [-0.1, -0.05) is 163 Å². The van der Waals surface area contributed by atoms with Gasteiger partial charge in [0.1, 0.15) is 0 Å². The summed E-state index contributed by atoms with van der Waals surface area (Å²) >= 11 is 0. The molecule has 4 aliphatic carbocycles. The van der Waals surface area contributed by atoms with Gasteiger partial charge in [0.15, 0.2) is 0 Å². The van der Waals surface area contributed by atoms with Crippen LogP contribution in [0.15, 0.2) is 48.5 Å². The van der Waals surface area contributed by atoms with Gasteiger partial charge in [0.25, 0.3) is 0 Å². The molecular weight excluding hydrogens is 553 g/mol. The Morgan fingerprint density at radius 3 is 1.04 bits per heavy atom. The Labute approximate surface area is 286 Å². The van der Waals surface area contributed by atoms with Crippen molar-refractivity contribution in [2.75, 3.05) is 0 Å². The van der Waals surface area contributed by atoms with E-state index < -0.39 is 0 Å². The molecule has 0 bridgehead atoms. The topological polar surface area (TPSA) is 0 Å². The number of hydrogen-bond acceptors (Lipinski definition) is 0. The predicted molar refractivity (Wildman–Crippen MR) is 201 cm³/mol. The van der Waals surface area contributed by atoms with E-state index in [0.717, 1.165) is 47.3 Å². The van der Waals surface area contributed by atoms with Gasteiger partial charge in [-0.25, -0.2) is 0 Å². The van der Waals surface area contributed by atoms with E-state index in [9.17, 15) is 0 Å². The summed E-state index contributed by atoms with van der Waals surface area (Å²) in [6, 6.07) is 18.3. The monoisotopic (exact) mass is 625 g/mol. The third-order valence-corrected chi connectivity index (χ3v) is 13.6. The molecule has 0 heteroatoms. The summed E-state index contributed by atoms with van der Waals surface area (Å²) in [5.41, 5.74) is 5.83. The van der Waals surface area contributed by atoms with Crippen LogP contribution >= 0.6 is 0 Å². The molecule has 2 aromatic carbocycles. The summed E-state index contributed by atoms with van der Waals surface area (Å²) in [5.74, 6) is 8.28. The van der Waals surface area contributed by atoms with E-state index in [0.29, 0.717) is 0 Å². The van der Waals surface area contributed by atoms with Crippen molar-refractivity contribution in [3.63, 3.8) is 0 Å². The zero-order valence-corrected chi connectivity index (χ0v) is 30.8. The second-order valence-electron chi connectivity index (χ2n) is 17.4. The normalized spacial score (nSPS) is 31.9. The first-order valence-electron chi connectivity index (χ1n) is 20.5. The number of aryl methyl sites for hydroxylation is 4. The molecule has 0 unspecified atom stereocenters. The van der Waals surface area contributed by atoms with Crippen LogP contribution in [0.3, 0.4) is 0 Å². The van der Waals surface area contributed by atoms with E-state index in [1.165, 1.54) is 164 Å². The standard InChI is InChI=1S/C24H38.C22H34/c1-19-3-7-21(8-4-19)11-13-23-15-17-24(18-16-23)14-12-22-9-5-20(2)6-10-22;1-17-3-7-19(8-4-17)9-10-20-11-15-22(16-12-20)21-13-5-18(2)6-14-21/h3-4,7-8,20,22-24H,5-6,9-18H2,1-2H3;3-4,7-8,18,20-22H,5-6,9-16H2,1-2H3. The van der Waals surface area contributed by atoms with Gasteiger partial charge in [-0.3, -0.25) is 0 Å². The van der Waals surface area contributed by atoms with Crippen LogP contribution in [0.4, 0.5) is 0 Å². The molecule has 4 aliphatic rings. The number of rotatable bonds is 10. The van der Waals surface area contributed by atoms with Gasteiger partial charge in [-0.2, -0.15) is 0 Å². The van der Waals surface area contributed by atoms with Crippen molar-refractivity contribution >= 4 is 0 Å². The van der Waals surface area contributed by atoms with Gasteiger partial charge in [0.05, 0.1) is 0 Å². The third-order valence-electron chi connectivity index (χ3n) is 13.6. The summed E-state index contributed by atoms with van der Waals surface area (Å²) in [6.45, 7) is 9.24. The lowest BCUT2D eigenvalue weighted by molar-refractivity contribution is 0.148. The number of hydrogen-bond donors (Lipinski definition) is 0. The molecule has 0 N–H and O–H groups in total. The zero-order valence-electron chi connectivity index (χ0n) is 30.8. The fraction of sp³-hybridized carbons (Fsp3) is 0.739. The lowest BCUT2D eigenvalue weighted by Crippen LogP contribution is -2.25. The van der Waals surface area contributed by atoms with Crippen molar-refractivity contribution in [2.24, 2.45) is 47.3 Å². The Hall–Kier alpha value is -1.56. The van der Waals surface area contributed by atoms with E-state index in [-0.39, 0.29) is 0 Å². The molecule has 0 atom stereocenters. The van der Waals surface area contributed by atoms with Crippen LogP contribution in [0.2, 0.25) is 0 Å². The molecule has 0 aliphatic heterocycles. The average molecular weight is 625 g/mol. The maximum absolute atomic E-state index is 2.44. The summed E-state index contributed by atoms with van der Waals surface area (Å²) in [6.07, 6.45) is 32.6. The smallest absolute Gasteiger partial charge is 0.0276 e. The highest BCUT2D eigenvalue weighted by molar-refractivity contribution is 5.22. The first-order valence-corrected chi connectivity index (χ1v) is 20.5. The molecule has 4 fully saturated rings. The highest BCUT2D eigenvalue weighted by Gasteiger charge is 2.30. The molecular formula is C46H72. The van der Waals surface area contributed by atoms with E-state index in [1.54, 1.807) is 0 Å². The van der Waals surface area contributed by atoms with Crippen LogP contribution in [0.25, 0.3) is 0 Å². The molecule has 256 valence electrons. The second kappa shape index (κ2) is 18.8. The minimum absolute atomic E-state index is 0.998. The first-order chi connectivity index (χ1) is 22.4. The van der Waals surface area contributed by atoms with Crippen molar-refractivity contribution in [1.82, 2.24) is 0 Å². The van der Waals surface area contributed by atoms with E-state index in [2.05, 4.69) is 76.2 Å². The van der Waals surface area contributed by atoms with Gasteiger partial charge in [-0.15, -0.1) is 0 Å². The molecule has 0 amide bonds. The molecule has 0 aromatic heterocycles. The second-order valence-corrected chi connectivity index (χ2v) is 17.4. The zero-order chi connectivity index (χ0) is 32.1. The summed E-state index contributed by atoms with van der Waals surface area (Å²) in [5, 5.41) is 0. The van der Waals surface area contributed by atoms with Crippen LogP contribution in [0.5, 0.6) is 0 Å². The van der Waals surface area contributed by atoms with Crippen LogP contribution in [-0.4, -0.2) is 0 Å². The third kappa shape index (κ3) is 12.2. The lowest BCUT2D eigenvalue weighted by Gasteiger charge is -2.37. The summed E-state index contributed by atoms with van der Waals surface area (Å²) < 4.78 is 0. The fourth-order valence-electron chi connectivity index (χ4n) is 9.85. The van der Waals surface area contributed by atoms with Crippen molar-refractivity contribution in [2.45, 2.75) is 169 Å². The fourth-order valence-corrected chi connectivity index (χ4v) is 9.85. The minimum atomic E-state index is 0.998. The average Bonchev–Trinajstić information content (AvgIpc) is 3.09. The van der Waals surface area contributed by atoms with E-state index >= 15 is 0 Å². The Balaban J connectivity index is 0.000000182. The van der Waals surface area contributed by atoms with Crippen molar-refractivity contribution < 1.29 is 0 Å². The SMILES string of the molecule is Cc1ccc(CCC2CCC(C3CCC(C)CC3)CC2)cc1.Cc1ccc(CCC2CCC(CCC3CCC(C)CC3)CC2)cc1. The molecule has 46 heavy (non-hydrogen) atoms. The van der Waals surface area contributed by atoms with E-state index in [1.807, 2.05) is 0 Å². The molecule has 0 radical (unpaired) electrons. The molecule has 0 spiro atoms. The Morgan fingerprint density at radius 2 is 0.652 bits per heavy atom. The van der Waals surface area contributed by atoms with Crippen LogP contribution in [0, 0.1) is 61.2 Å². The van der Waals surface area contributed by atoms with Crippen LogP contribution < -0.4 is 0 Å². The van der Waals surface area contributed by atoms with Gasteiger partial charge >= 0.3 is 0 Å². The largest absolute Gasteiger partial charge is 0.0625 e. The molecule has 0 nitrogen and oxygen atoms in total. The highest BCUT2D eigenvalue weighted by Crippen LogP contribution is 2.42. The maximum atomic E-state index is 2.44. The highest BCUT2D eigenvalue weighted by atomic mass is 14.4. The Morgan fingerprint density at radius 1 is 0.370 bits per heavy atom. The van der Waals surface area contributed by atoms with Crippen LogP contribution in [-0.2, 0) is 12.8 Å². The molecule has 6 rings (SSSR count). The molecule has 0 saturated heterocycles. The van der Waals surface area contributed by atoms with E-state index in [4.69, 9.17) is 0 Å². The summed E-state index contributed by atoms with van der Waals surface area (Å²) in [7, 11) is 0. The van der Waals surface area contributed by atoms with Crippen molar-refractivity contribution in [3.8, 4) is 0 Å². The Bertz CT molecular complexity index is 1060. The van der Waals surface area contributed by atoms with Gasteiger partial charge in [0, 0.05) is 0 Å². The van der Waals surface area contributed by atoms with Crippen molar-refractivity contribution in [3.05, 3.63) is 70.8 Å².